The second kappa shape index (κ2) is 5.60. The highest BCUT2D eigenvalue weighted by molar-refractivity contribution is 5.40. The van der Waals surface area contributed by atoms with E-state index in [0.717, 1.165) is 35.4 Å². The molecule has 0 aliphatic carbocycles. The van der Waals surface area contributed by atoms with Gasteiger partial charge in [-0.25, -0.2) is 4.98 Å². The van der Waals surface area contributed by atoms with E-state index in [-0.39, 0.29) is 5.56 Å². The molecule has 4 heteroatoms. The number of aryl methyl sites for hydroxylation is 1. The molecule has 21 heavy (non-hydrogen) atoms. The van der Waals surface area contributed by atoms with Gasteiger partial charge in [-0.2, -0.15) is 0 Å². The third-order valence-corrected chi connectivity index (χ3v) is 4.44. The van der Waals surface area contributed by atoms with Crippen LogP contribution in [0.15, 0.2) is 29.1 Å². The maximum Gasteiger partial charge on any atom is 0.258 e. The molecule has 0 aromatic carbocycles. The highest BCUT2D eigenvalue weighted by atomic mass is 16.1. The summed E-state index contributed by atoms with van der Waals surface area (Å²) in [4.78, 5) is 18.5. The SMILES string of the molecule is Cc1cccc2nc(C[NH+]3C[C@H](C)C[C@H](C)C3)cc(=O)n12. The van der Waals surface area contributed by atoms with Crippen LogP contribution >= 0.6 is 0 Å². The van der Waals surface area contributed by atoms with E-state index in [0.29, 0.717) is 0 Å². The Bertz CT molecular complexity index is 697. The highest BCUT2D eigenvalue weighted by Gasteiger charge is 2.25. The van der Waals surface area contributed by atoms with Gasteiger partial charge in [0.05, 0.1) is 13.1 Å². The summed E-state index contributed by atoms with van der Waals surface area (Å²) in [5.41, 5.74) is 2.65. The lowest BCUT2D eigenvalue weighted by Gasteiger charge is -2.31. The first-order chi connectivity index (χ1) is 10.0. The molecule has 0 saturated carbocycles. The molecule has 112 valence electrons. The molecule has 1 N–H and O–H groups in total. The van der Waals surface area contributed by atoms with Gasteiger partial charge in [0.25, 0.3) is 5.56 Å². The molecule has 4 nitrogen and oxygen atoms in total. The number of quaternary nitrogens is 1. The number of piperidine rings is 1. The summed E-state index contributed by atoms with van der Waals surface area (Å²) in [6.07, 6.45) is 1.32. The minimum Gasteiger partial charge on any atom is -0.329 e. The number of fused-ring (bicyclic) bond motifs is 1. The molecular formula is C17H24N3O+. The molecular weight excluding hydrogens is 262 g/mol. The summed E-state index contributed by atoms with van der Waals surface area (Å²) in [6.45, 7) is 9.80. The summed E-state index contributed by atoms with van der Waals surface area (Å²) < 4.78 is 1.68. The maximum atomic E-state index is 12.3. The number of aromatic nitrogens is 2. The average molecular weight is 286 g/mol. The minimum atomic E-state index is 0.0330. The van der Waals surface area contributed by atoms with Crippen molar-refractivity contribution >= 4 is 5.65 Å². The quantitative estimate of drug-likeness (QED) is 0.897. The fraction of sp³-hybridized carbons (Fsp3) is 0.529. The van der Waals surface area contributed by atoms with Crippen molar-refractivity contribution in [3.8, 4) is 0 Å². The van der Waals surface area contributed by atoms with Gasteiger partial charge in [0.2, 0.25) is 0 Å². The molecule has 2 aromatic heterocycles. The van der Waals surface area contributed by atoms with Gasteiger partial charge < -0.3 is 4.90 Å². The van der Waals surface area contributed by atoms with Gasteiger partial charge in [-0.3, -0.25) is 9.20 Å². The number of nitrogens with zero attached hydrogens (tertiary/aromatic N) is 2. The van der Waals surface area contributed by atoms with E-state index in [2.05, 4.69) is 18.8 Å². The molecule has 0 spiro atoms. The van der Waals surface area contributed by atoms with Crippen molar-refractivity contribution in [2.75, 3.05) is 13.1 Å². The standard InChI is InChI=1S/C17H23N3O/c1-12-7-13(2)10-19(9-12)11-15-8-17(21)20-14(3)5-4-6-16(20)18-15/h4-6,8,12-13H,7,9-11H2,1-3H3/p+1/t12-,13+. The Morgan fingerprint density at radius 2 is 2.00 bits per heavy atom. The van der Waals surface area contributed by atoms with Gasteiger partial charge in [-0.05, 0) is 25.5 Å². The van der Waals surface area contributed by atoms with Crippen LogP contribution in [0.2, 0.25) is 0 Å². The van der Waals surface area contributed by atoms with Gasteiger partial charge in [0.15, 0.2) is 0 Å². The van der Waals surface area contributed by atoms with Crippen LogP contribution in [-0.4, -0.2) is 22.5 Å². The lowest BCUT2D eigenvalue weighted by atomic mass is 9.92. The Hall–Kier alpha value is -1.68. The molecule has 1 aliphatic heterocycles. The maximum absolute atomic E-state index is 12.3. The summed E-state index contributed by atoms with van der Waals surface area (Å²) in [6, 6.07) is 7.51. The molecule has 1 aliphatic rings. The van der Waals surface area contributed by atoms with E-state index in [1.54, 1.807) is 15.4 Å². The molecule has 1 unspecified atom stereocenters. The third-order valence-electron chi connectivity index (χ3n) is 4.44. The molecule has 1 saturated heterocycles. The van der Waals surface area contributed by atoms with Crippen LogP contribution in [0, 0.1) is 18.8 Å². The van der Waals surface area contributed by atoms with Crippen molar-refractivity contribution in [1.29, 1.82) is 0 Å². The number of pyridine rings is 1. The first-order valence-electron chi connectivity index (χ1n) is 7.85. The predicted molar refractivity (Wildman–Crippen MR) is 83.5 cm³/mol. The van der Waals surface area contributed by atoms with Gasteiger partial charge in [-0.15, -0.1) is 0 Å². The van der Waals surface area contributed by atoms with Gasteiger partial charge in [0.1, 0.15) is 17.9 Å². The first-order valence-corrected chi connectivity index (χ1v) is 7.85. The van der Waals surface area contributed by atoms with Crippen molar-refractivity contribution in [2.45, 2.75) is 33.7 Å². The fourth-order valence-electron chi connectivity index (χ4n) is 3.78. The number of hydrogen-bond acceptors (Lipinski definition) is 2. The zero-order chi connectivity index (χ0) is 15.0. The van der Waals surface area contributed by atoms with E-state index in [1.807, 2.05) is 25.1 Å². The van der Waals surface area contributed by atoms with Gasteiger partial charge in [-0.1, -0.05) is 19.9 Å². The van der Waals surface area contributed by atoms with Crippen molar-refractivity contribution in [2.24, 2.45) is 11.8 Å². The Balaban J connectivity index is 1.90. The lowest BCUT2D eigenvalue weighted by Crippen LogP contribution is -3.13. The van der Waals surface area contributed by atoms with Crippen LogP contribution in [0.5, 0.6) is 0 Å². The number of hydrogen-bond donors (Lipinski definition) is 1. The fourth-order valence-corrected chi connectivity index (χ4v) is 3.78. The summed E-state index contributed by atoms with van der Waals surface area (Å²) in [7, 11) is 0. The molecule has 2 aromatic rings. The van der Waals surface area contributed by atoms with Crippen molar-refractivity contribution in [3.05, 3.63) is 46.0 Å². The average Bonchev–Trinajstić information content (AvgIpc) is 2.36. The molecule has 3 heterocycles. The molecule has 0 radical (unpaired) electrons. The zero-order valence-electron chi connectivity index (χ0n) is 13.1. The summed E-state index contributed by atoms with van der Waals surface area (Å²) in [5.74, 6) is 1.51. The second-order valence-corrected chi connectivity index (χ2v) is 6.73. The first kappa shape index (κ1) is 14.3. The summed E-state index contributed by atoms with van der Waals surface area (Å²) >= 11 is 0. The predicted octanol–water partition coefficient (Wildman–Crippen LogP) is 1.06. The normalized spacial score (nSPS) is 26.1. The van der Waals surface area contributed by atoms with Crippen LogP contribution < -0.4 is 10.5 Å². The Kier molecular flexibility index (Phi) is 3.81. The van der Waals surface area contributed by atoms with Crippen molar-refractivity contribution < 1.29 is 4.90 Å². The van der Waals surface area contributed by atoms with Gasteiger partial charge in [0, 0.05) is 23.6 Å². The lowest BCUT2D eigenvalue weighted by molar-refractivity contribution is -0.926. The Morgan fingerprint density at radius 3 is 2.71 bits per heavy atom. The highest BCUT2D eigenvalue weighted by Crippen LogP contribution is 2.12. The largest absolute Gasteiger partial charge is 0.329 e. The Morgan fingerprint density at radius 1 is 1.29 bits per heavy atom. The Labute approximate surface area is 125 Å². The topological polar surface area (TPSA) is 38.8 Å². The number of likely N-dealkylation sites (tertiary alicyclic amines) is 1. The molecule has 3 rings (SSSR count). The smallest absolute Gasteiger partial charge is 0.258 e. The van der Waals surface area contributed by atoms with E-state index < -0.39 is 0 Å². The molecule has 1 fully saturated rings. The van der Waals surface area contributed by atoms with Crippen LogP contribution in [0.3, 0.4) is 0 Å². The summed E-state index contributed by atoms with van der Waals surface area (Å²) in [5, 5.41) is 0. The van der Waals surface area contributed by atoms with Crippen molar-refractivity contribution in [1.82, 2.24) is 9.38 Å². The van der Waals surface area contributed by atoms with E-state index in [1.165, 1.54) is 19.5 Å². The monoisotopic (exact) mass is 286 g/mol. The second-order valence-electron chi connectivity index (χ2n) is 6.73. The number of nitrogens with one attached hydrogen (secondary N) is 1. The van der Waals surface area contributed by atoms with Crippen LogP contribution in [0.1, 0.15) is 31.7 Å². The van der Waals surface area contributed by atoms with Gasteiger partial charge >= 0.3 is 0 Å². The zero-order valence-corrected chi connectivity index (χ0v) is 13.1. The van der Waals surface area contributed by atoms with Crippen molar-refractivity contribution in [3.63, 3.8) is 0 Å². The molecule has 0 bridgehead atoms. The van der Waals surface area contributed by atoms with Crippen LogP contribution in [0.25, 0.3) is 5.65 Å². The van der Waals surface area contributed by atoms with E-state index in [4.69, 9.17) is 0 Å². The minimum absolute atomic E-state index is 0.0330. The van der Waals surface area contributed by atoms with E-state index in [9.17, 15) is 4.79 Å². The van der Waals surface area contributed by atoms with Crippen LogP contribution in [-0.2, 0) is 6.54 Å². The van der Waals surface area contributed by atoms with E-state index >= 15 is 0 Å². The molecule has 0 amide bonds. The number of rotatable bonds is 2. The third kappa shape index (κ3) is 3.00. The van der Waals surface area contributed by atoms with Crippen LogP contribution in [0.4, 0.5) is 0 Å². The molecule has 3 atom stereocenters.